The number of carbonyl (C=O) groups is 1. The molecule has 2 aliphatic rings. The van der Waals surface area contributed by atoms with Crippen LogP contribution in [0, 0.1) is 5.41 Å². The molecule has 1 aliphatic heterocycles. The van der Waals surface area contributed by atoms with E-state index >= 15 is 0 Å². The number of aromatic nitrogens is 2. The molecule has 28 heavy (non-hydrogen) atoms. The number of benzene rings is 1. The number of allylic oxidation sites excluding steroid dienone is 2. The zero-order valence-electron chi connectivity index (χ0n) is 16.4. The predicted octanol–water partition coefficient (Wildman–Crippen LogP) is 3.70. The zero-order valence-corrected chi connectivity index (χ0v) is 17.2. The highest BCUT2D eigenvalue weighted by molar-refractivity contribution is 7.98. The van der Waals surface area contributed by atoms with Crippen LogP contribution in [-0.2, 0) is 4.79 Å². The second-order valence-corrected chi connectivity index (χ2v) is 8.80. The molecule has 0 amide bonds. The molecular weight excluding hydrogens is 374 g/mol. The quantitative estimate of drug-likeness (QED) is 0.607. The molecule has 4 rings (SSSR count). The Morgan fingerprint density at radius 3 is 2.75 bits per heavy atom. The maximum atomic E-state index is 13.2. The molecular formula is C21H23N3O3S. The van der Waals surface area contributed by atoms with Crippen LogP contribution in [0.4, 0.5) is 5.82 Å². The van der Waals surface area contributed by atoms with E-state index in [0.29, 0.717) is 34.3 Å². The number of nitrogens with one attached hydrogen (secondary N) is 2. The van der Waals surface area contributed by atoms with Gasteiger partial charge in [-0.25, -0.2) is 4.98 Å². The lowest BCUT2D eigenvalue weighted by Gasteiger charge is -2.38. The number of hydrogen-bond acceptors (Lipinski definition) is 6. The fourth-order valence-corrected chi connectivity index (χ4v) is 4.52. The van der Waals surface area contributed by atoms with E-state index < -0.39 is 5.92 Å². The topological polar surface area (TPSA) is 84.1 Å². The average molecular weight is 398 g/mol. The average Bonchev–Trinajstić information content (AvgIpc) is 2.65. The Morgan fingerprint density at radius 2 is 2.04 bits per heavy atom. The van der Waals surface area contributed by atoms with Gasteiger partial charge < -0.3 is 15.0 Å². The largest absolute Gasteiger partial charge is 0.497 e. The van der Waals surface area contributed by atoms with Crippen molar-refractivity contribution in [1.29, 1.82) is 0 Å². The van der Waals surface area contributed by atoms with Gasteiger partial charge in [0.05, 0.1) is 12.7 Å². The maximum absolute atomic E-state index is 13.2. The van der Waals surface area contributed by atoms with Crippen molar-refractivity contribution < 1.29 is 9.53 Å². The molecule has 2 heterocycles. The van der Waals surface area contributed by atoms with Gasteiger partial charge in [-0.3, -0.25) is 9.59 Å². The fraction of sp³-hybridized carbons (Fsp3) is 0.381. The Kier molecular flexibility index (Phi) is 4.57. The van der Waals surface area contributed by atoms with Gasteiger partial charge in [0.1, 0.15) is 11.6 Å². The SMILES string of the molecule is COc1cccc([C@@H]2C3=C(CC(C)(C)CC3=O)Nc3nc(SC)[nH]c(=O)c32)c1. The summed E-state index contributed by atoms with van der Waals surface area (Å²) in [5.41, 5.74) is 2.52. The molecule has 0 unspecified atom stereocenters. The molecule has 1 aliphatic carbocycles. The van der Waals surface area contributed by atoms with E-state index in [9.17, 15) is 9.59 Å². The first-order valence-electron chi connectivity index (χ1n) is 9.18. The normalized spacial score (nSPS) is 20.3. The van der Waals surface area contributed by atoms with Crippen molar-refractivity contribution in [2.45, 2.75) is 37.8 Å². The molecule has 7 heteroatoms. The summed E-state index contributed by atoms with van der Waals surface area (Å²) in [4.78, 5) is 33.6. The number of Topliss-reactive ketones (excluding diaryl/α,β-unsaturated/α-hetero) is 1. The summed E-state index contributed by atoms with van der Waals surface area (Å²) in [6.07, 6.45) is 3.06. The van der Waals surface area contributed by atoms with E-state index in [0.717, 1.165) is 17.7 Å². The molecule has 1 atom stereocenters. The number of thioether (sulfide) groups is 1. The summed E-state index contributed by atoms with van der Waals surface area (Å²) in [5.74, 6) is 0.835. The van der Waals surface area contributed by atoms with Crippen molar-refractivity contribution in [3.63, 3.8) is 0 Å². The van der Waals surface area contributed by atoms with Crippen LogP contribution in [-0.4, -0.2) is 29.1 Å². The number of methoxy groups -OCH3 is 1. The highest BCUT2D eigenvalue weighted by atomic mass is 32.2. The molecule has 1 aromatic carbocycles. The van der Waals surface area contributed by atoms with Gasteiger partial charge in [0, 0.05) is 23.6 Å². The number of nitrogens with zero attached hydrogens (tertiary/aromatic N) is 1. The minimum atomic E-state index is -0.461. The molecule has 6 nitrogen and oxygen atoms in total. The summed E-state index contributed by atoms with van der Waals surface area (Å²) in [7, 11) is 1.60. The van der Waals surface area contributed by atoms with Crippen LogP contribution >= 0.6 is 11.8 Å². The van der Waals surface area contributed by atoms with Gasteiger partial charge in [0.25, 0.3) is 5.56 Å². The lowest BCUT2D eigenvalue weighted by atomic mass is 9.69. The van der Waals surface area contributed by atoms with Crippen LogP contribution in [0.2, 0.25) is 0 Å². The number of hydrogen-bond donors (Lipinski definition) is 2. The molecule has 0 spiro atoms. The first-order valence-corrected chi connectivity index (χ1v) is 10.4. The standard InChI is InChI=1S/C21H23N3O3S/c1-21(2)9-13-16(14(25)10-21)15(11-6-5-7-12(8-11)27-3)17-18(22-13)23-20(28-4)24-19(17)26/h5-8,15H,9-10H2,1-4H3,(H2,22,23,24,26)/t15-/m1/s1. The fourth-order valence-electron chi connectivity index (χ4n) is 4.14. The lowest BCUT2D eigenvalue weighted by molar-refractivity contribution is -0.118. The number of anilines is 1. The Balaban J connectivity index is 1.98. The van der Waals surface area contributed by atoms with Crippen LogP contribution in [0.1, 0.15) is 43.7 Å². The number of ketones is 1. The molecule has 2 aromatic rings. The second-order valence-electron chi connectivity index (χ2n) is 8.01. The molecule has 2 N–H and O–H groups in total. The highest BCUT2D eigenvalue weighted by Gasteiger charge is 2.42. The van der Waals surface area contributed by atoms with Crippen LogP contribution in [0.5, 0.6) is 5.75 Å². The van der Waals surface area contributed by atoms with Crippen LogP contribution in [0.15, 0.2) is 45.5 Å². The summed E-state index contributed by atoms with van der Waals surface area (Å²) < 4.78 is 5.37. The maximum Gasteiger partial charge on any atom is 0.257 e. The first-order chi connectivity index (χ1) is 13.3. The van der Waals surface area contributed by atoms with E-state index in [1.165, 1.54) is 11.8 Å². The summed E-state index contributed by atoms with van der Waals surface area (Å²) in [5, 5.41) is 3.86. The van der Waals surface area contributed by atoms with Crippen molar-refractivity contribution in [2.75, 3.05) is 18.7 Å². The van der Waals surface area contributed by atoms with Crippen molar-refractivity contribution in [2.24, 2.45) is 5.41 Å². The van der Waals surface area contributed by atoms with Crippen LogP contribution < -0.4 is 15.6 Å². The van der Waals surface area contributed by atoms with E-state index in [4.69, 9.17) is 4.74 Å². The van der Waals surface area contributed by atoms with Crippen molar-refractivity contribution >= 4 is 23.4 Å². The summed E-state index contributed by atoms with van der Waals surface area (Å²) in [6.45, 7) is 4.18. The van der Waals surface area contributed by atoms with Gasteiger partial charge in [0.15, 0.2) is 10.9 Å². The van der Waals surface area contributed by atoms with Crippen molar-refractivity contribution in [3.05, 3.63) is 57.0 Å². The van der Waals surface area contributed by atoms with Crippen LogP contribution in [0.3, 0.4) is 0 Å². The van der Waals surface area contributed by atoms with Gasteiger partial charge in [-0.05, 0) is 35.8 Å². The van der Waals surface area contributed by atoms with Gasteiger partial charge in [-0.15, -0.1) is 0 Å². The molecule has 1 aromatic heterocycles. The van der Waals surface area contributed by atoms with Crippen LogP contribution in [0.25, 0.3) is 0 Å². The Bertz CT molecular complexity index is 1060. The van der Waals surface area contributed by atoms with Gasteiger partial charge in [-0.2, -0.15) is 0 Å². The number of aromatic amines is 1. The highest BCUT2D eigenvalue weighted by Crippen LogP contribution is 2.47. The van der Waals surface area contributed by atoms with E-state index in [2.05, 4.69) is 29.1 Å². The Labute approximate surface area is 167 Å². The van der Waals surface area contributed by atoms with Crippen molar-refractivity contribution in [3.8, 4) is 5.75 Å². The molecule has 0 radical (unpaired) electrons. The second kappa shape index (κ2) is 6.81. The number of fused-ring (bicyclic) bond motifs is 1. The third-order valence-electron chi connectivity index (χ3n) is 5.32. The Morgan fingerprint density at radius 1 is 1.25 bits per heavy atom. The molecule has 0 saturated carbocycles. The number of carbonyl (C=O) groups excluding carboxylic acids is 1. The molecule has 0 fully saturated rings. The Hall–Kier alpha value is -2.54. The van der Waals surface area contributed by atoms with E-state index in [-0.39, 0.29) is 16.8 Å². The molecule has 0 bridgehead atoms. The number of rotatable bonds is 3. The third-order valence-corrected chi connectivity index (χ3v) is 5.90. The van der Waals surface area contributed by atoms with E-state index in [1.54, 1.807) is 7.11 Å². The predicted molar refractivity (Wildman–Crippen MR) is 110 cm³/mol. The monoisotopic (exact) mass is 397 g/mol. The molecule has 146 valence electrons. The third kappa shape index (κ3) is 3.13. The number of ether oxygens (including phenoxy) is 1. The van der Waals surface area contributed by atoms with E-state index in [1.807, 2.05) is 30.5 Å². The van der Waals surface area contributed by atoms with Gasteiger partial charge in [-0.1, -0.05) is 37.7 Å². The first kappa shape index (κ1) is 18.8. The van der Waals surface area contributed by atoms with Gasteiger partial charge in [0.2, 0.25) is 0 Å². The minimum Gasteiger partial charge on any atom is -0.497 e. The van der Waals surface area contributed by atoms with Crippen molar-refractivity contribution in [1.82, 2.24) is 9.97 Å². The lowest BCUT2D eigenvalue weighted by Crippen LogP contribution is -2.37. The molecule has 0 saturated heterocycles. The number of H-pyrrole nitrogens is 1. The zero-order chi connectivity index (χ0) is 20.1. The van der Waals surface area contributed by atoms with Gasteiger partial charge >= 0.3 is 0 Å². The summed E-state index contributed by atoms with van der Waals surface area (Å²) >= 11 is 1.38. The smallest absolute Gasteiger partial charge is 0.257 e. The summed E-state index contributed by atoms with van der Waals surface area (Å²) in [6, 6.07) is 7.55. The minimum absolute atomic E-state index is 0.0746.